The van der Waals surface area contributed by atoms with Crippen LogP contribution in [0, 0.1) is 0 Å². The Morgan fingerprint density at radius 1 is 1.42 bits per heavy atom. The van der Waals surface area contributed by atoms with E-state index in [1.54, 1.807) is 6.33 Å². The second-order valence-electron chi connectivity index (χ2n) is 4.87. The van der Waals surface area contributed by atoms with Crippen LogP contribution < -0.4 is 10.2 Å². The number of aromatic nitrogens is 4. The molecule has 19 heavy (non-hydrogen) atoms. The lowest BCUT2D eigenvalue weighted by atomic mass is 10.2. The zero-order valence-corrected chi connectivity index (χ0v) is 11.3. The molecule has 0 amide bonds. The van der Waals surface area contributed by atoms with Gasteiger partial charge in [-0.05, 0) is 13.8 Å². The van der Waals surface area contributed by atoms with Gasteiger partial charge >= 0.3 is 0 Å². The van der Waals surface area contributed by atoms with Gasteiger partial charge in [0.1, 0.15) is 5.52 Å². The van der Waals surface area contributed by atoms with Crippen molar-refractivity contribution in [2.45, 2.75) is 26.0 Å². The van der Waals surface area contributed by atoms with Crippen LogP contribution in [0.3, 0.4) is 0 Å². The molecule has 0 saturated carbocycles. The summed E-state index contributed by atoms with van der Waals surface area (Å²) in [5.41, 5.74) is 1.56. The van der Waals surface area contributed by atoms with Gasteiger partial charge in [-0.3, -0.25) is 0 Å². The maximum atomic E-state index is 5.67. The van der Waals surface area contributed by atoms with E-state index in [9.17, 15) is 0 Å². The summed E-state index contributed by atoms with van der Waals surface area (Å²) in [6.07, 6.45) is 1.85. The van der Waals surface area contributed by atoms with Crippen molar-refractivity contribution in [3.05, 3.63) is 6.33 Å². The molecule has 2 N–H and O–H groups in total. The van der Waals surface area contributed by atoms with Crippen molar-refractivity contribution in [2.75, 3.05) is 30.4 Å². The van der Waals surface area contributed by atoms with E-state index in [1.165, 1.54) is 0 Å². The first kappa shape index (κ1) is 12.2. The molecule has 3 heterocycles. The number of anilines is 2. The molecule has 0 aromatic carbocycles. The molecule has 0 bridgehead atoms. The highest BCUT2D eigenvalue weighted by Gasteiger charge is 2.27. The first-order chi connectivity index (χ1) is 9.19. The highest BCUT2D eigenvalue weighted by Crippen LogP contribution is 2.26. The van der Waals surface area contributed by atoms with Crippen molar-refractivity contribution >= 4 is 22.9 Å². The van der Waals surface area contributed by atoms with Gasteiger partial charge in [0.05, 0.1) is 25.1 Å². The van der Waals surface area contributed by atoms with Crippen LogP contribution in [0.25, 0.3) is 11.2 Å². The van der Waals surface area contributed by atoms with Crippen molar-refractivity contribution < 1.29 is 4.74 Å². The van der Waals surface area contributed by atoms with Crippen molar-refractivity contribution in [3.8, 4) is 0 Å². The number of rotatable bonds is 2. The molecule has 2 aromatic rings. The number of H-pyrrole nitrogens is 1. The van der Waals surface area contributed by atoms with Crippen LogP contribution in [-0.4, -0.2) is 52.3 Å². The van der Waals surface area contributed by atoms with Crippen molar-refractivity contribution in [1.29, 1.82) is 0 Å². The monoisotopic (exact) mass is 262 g/mol. The normalized spacial score (nSPS) is 23.8. The molecule has 2 unspecified atom stereocenters. The lowest BCUT2D eigenvalue weighted by Crippen LogP contribution is -2.48. The smallest absolute Gasteiger partial charge is 0.226 e. The van der Waals surface area contributed by atoms with E-state index in [0.717, 1.165) is 17.9 Å². The van der Waals surface area contributed by atoms with Crippen LogP contribution >= 0.6 is 0 Å². The minimum atomic E-state index is 0.196. The lowest BCUT2D eigenvalue weighted by molar-refractivity contribution is 0.0341. The largest absolute Gasteiger partial charge is 0.375 e. The van der Waals surface area contributed by atoms with E-state index in [4.69, 9.17) is 4.74 Å². The van der Waals surface area contributed by atoms with Crippen LogP contribution in [0.1, 0.15) is 13.8 Å². The van der Waals surface area contributed by atoms with E-state index in [2.05, 4.69) is 44.0 Å². The molecule has 7 nitrogen and oxygen atoms in total. The Kier molecular flexibility index (Phi) is 2.98. The molecule has 0 radical (unpaired) electrons. The quantitative estimate of drug-likeness (QED) is 0.841. The summed E-state index contributed by atoms with van der Waals surface area (Å²) in [6, 6.07) is 0.280. The number of imidazole rings is 1. The summed E-state index contributed by atoms with van der Waals surface area (Å²) in [4.78, 5) is 18.5. The van der Waals surface area contributed by atoms with Gasteiger partial charge in [0.15, 0.2) is 11.5 Å². The Labute approximate surface area is 111 Å². The predicted molar refractivity (Wildman–Crippen MR) is 73.5 cm³/mol. The summed E-state index contributed by atoms with van der Waals surface area (Å²) in [5.74, 6) is 1.47. The van der Waals surface area contributed by atoms with Crippen LogP contribution in [0.2, 0.25) is 0 Å². The van der Waals surface area contributed by atoms with Crippen molar-refractivity contribution in [2.24, 2.45) is 0 Å². The Hall–Kier alpha value is -1.89. The van der Waals surface area contributed by atoms with E-state index in [-0.39, 0.29) is 12.1 Å². The number of nitrogens with one attached hydrogen (secondary N) is 2. The Morgan fingerprint density at radius 3 is 3.05 bits per heavy atom. The van der Waals surface area contributed by atoms with Gasteiger partial charge in [-0.2, -0.15) is 9.97 Å². The molecule has 0 aliphatic carbocycles. The van der Waals surface area contributed by atoms with Crippen LogP contribution in [0.4, 0.5) is 11.8 Å². The van der Waals surface area contributed by atoms with E-state index in [1.807, 2.05) is 7.05 Å². The number of hydrogen-bond donors (Lipinski definition) is 2. The van der Waals surface area contributed by atoms with Crippen LogP contribution in [0.15, 0.2) is 6.33 Å². The number of nitrogens with zero attached hydrogens (tertiary/aromatic N) is 4. The van der Waals surface area contributed by atoms with Gasteiger partial charge in [-0.15, -0.1) is 0 Å². The average Bonchev–Trinajstić information content (AvgIpc) is 2.88. The maximum Gasteiger partial charge on any atom is 0.226 e. The van der Waals surface area contributed by atoms with E-state index >= 15 is 0 Å². The number of hydrogen-bond acceptors (Lipinski definition) is 6. The van der Waals surface area contributed by atoms with E-state index < -0.39 is 0 Å². The number of fused-ring (bicyclic) bond motifs is 1. The van der Waals surface area contributed by atoms with Crippen LogP contribution in [-0.2, 0) is 4.74 Å². The molecule has 7 heteroatoms. The fourth-order valence-electron chi connectivity index (χ4n) is 2.34. The SMILES string of the molecule is CNc1nc(N2CC(C)OCC2C)c2[nH]cnc2n1. The van der Waals surface area contributed by atoms with Gasteiger partial charge in [-0.1, -0.05) is 0 Å². The topological polar surface area (TPSA) is 79.0 Å². The zero-order valence-electron chi connectivity index (χ0n) is 11.3. The van der Waals surface area contributed by atoms with Gasteiger partial charge < -0.3 is 19.9 Å². The molecule has 0 spiro atoms. The molecular formula is C12H18N6O. The van der Waals surface area contributed by atoms with Crippen molar-refractivity contribution in [1.82, 2.24) is 19.9 Å². The fraction of sp³-hybridized carbons (Fsp3) is 0.583. The summed E-state index contributed by atoms with van der Waals surface area (Å²) >= 11 is 0. The summed E-state index contributed by atoms with van der Waals surface area (Å²) < 4.78 is 5.67. The van der Waals surface area contributed by atoms with E-state index in [0.29, 0.717) is 18.2 Å². The molecule has 102 valence electrons. The molecular weight excluding hydrogens is 244 g/mol. The summed E-state index contributed by atoms with van der Waals surface area (Å²) in [6.45, 7) is 5.73. The predicted octanol–water partition coefficient (Wildman–Crippen LogP) is 1.01. The third-order valence-corrected chi connectivity index (χ3v) is 3.37. The molecule has 1 aliphatic heterocycles. The minimum absolute atomic E-state index is 0.196. The number of ether oxygens (including phenoxy) is 1. The second kappa shape index (κ2) is 4.65. The summed E-state index contributed by atoms with van der Waals surface area (Å²) in [7, 11) is 1.81. The second-order valence-corrected chi connectivity index (χ2v) is 4.87. The molecule has 2 aromatic heterocycles. The Morgan fingerprint density at radius 2 is 2.26 bits per heavy atom. The van der Waals surface area contributed by atoms with Crippen LogP contribution in [0.5, 0.6) is 0 Å². The fourth-order valence-corrected chi connectivity index (χ4v) is 2.34. The molecule has 1 aliphatic rings. The number of morpholine rings is 1. The average molecular weight is 262 g/mol. The van der Waals surface area contributed by atoms with Gasteiger partial charge in [-0.25, -0.2) is 4.98 Å². The Balaban J connectivity index is 2.09. The highest BCUT2D eigenvalue weighted by molar-refractivity contribution is 5.84. The first-order valence-corrected chi connectivity index (χ1v) is 6.46. The third-order valence-electron chi connectivity index (χ3n) is 3.37. The van der Waals surface area contributed by atoms with Gasteiger partial charge in [0, 0.05) is 13.6 Å². The van der Waals surface area contributed by atoms with Gasteiger partial charge in [0.25, 0.3) is 0 Å². The molecule has 1 saturated heterocycles. The molecule has 3 rings (SSSR count). The van der Waals surface area contributed by atoms with Crippen molar-refractivity contribution in [3.63, 3.8) is 0 Å². The first-order valence-electron chi connectivity index (χ1n) is 6.46. The standard InChI is InChI=1S/C12H18N6O/c1-7-5-19-8(2)4-18(7)11-9-10(15-6-14-9)16-12(13-3)17-11/h6-8H,4-5H2,1-3H3,(H2,13,14,15,16,17). The highest BCUT2D eigenvalue weighted by atomic mass is 16.5. The maximum absolute atomic E-state index is 5.67. The molecule has 2 atom stereocenters. The molecule has 1 fully saturated rings. The lowest BCUT2D eigenvalue weighted by Gasteiger charge is -2.37. The third kappa shape index (κ3) is 2.10. The Bertz CT molecular complexity index is 583. The summed E-state index contributed by atoms with van der Waals surface area (Å²) in [5, 5.41) is 2.98. The zero-order chi connectivity index (χ0) is 13.4. The number of aromatic amines is 1. The minimum Gasteiger partial charge on any atom is -0.375 e. The van der Waals surface area contributed by atoms with Gasteiger partial charge in [0.2, 0.25) is 5.95 Å².